The number of hydrogen-bond acceptors (Lipinski definition) is 8. The minimum absolute atomic E-state index is 0.561. The Bertz CT molecular complexity index is 616. The van der Waals surface area contributed by atoms with Gasteiger partial charge in [-0.3, -0.25) is 9.18 Å². The quantitative estimate of drug-likeness (QED) is 0.230. The van der Waals surface area contributed by atoms with Crippen LogP contribution >= 0.6 is 0 Å². The lowest BCUT2D eigenvalue weighted by molar-refractivity contribution is -0.262. The highest BCUT2D eigenvalue weighted by Crippen LogP contribution is 2.42. The Kier molecular flexibility index (Phi) is 5.45. The summed E-state index contributed by atoms with van der Waals surface area (Å²) in [6, 6.07) is 0. The first kappa shape index (κ1) is 20.5. The van der Waals surface area contributed by atoms with Crippen LogP contribution in [0.2, 0.25) is 0 Å². The third kappa shape index (κ3) is 4.72. The molecule has 0 spiro atoms. The van der Waals surface area contributed by atoms with E-state index >= 15 is 0 Å². The molecule has 0 aromatic rings. The minimum Gasteiger partial charge on any atom is -0.595 e. The van der Waals surface area contributed by atoms with Gasteiger partial charge in [0.25, 0.3) is 0 Å². The molecule has 0 saturated heterocycles. The average molecular weight is 376 g/mol. The molecule has 24 heavy (non-hydrogen) atoms. The molecule has 12 heteroatoms. The van der Waals surface area contributed by atoms with Crippen molar-refractivity contribution in [2.24, 2.45) is 4.99 Å². The lowest BCUT2D eigenvalue weighted by Gasteiger charge is -2.42. The molecule has 1 rings (SSSR count). The largest absolute Gasteiger partial charge is 0.595 e. The lowest BCUT2D eigenvalue weighted by atomic mass is 9.75. The second-order valence-corrected chi connectivity index (χ2v) is 7.71. The zero-order valence-electron chi connectivity index (χ0n) is 13.3. The molecule has 8 nitrogen and oxygen atoms in total. The zero-order chi connectivity index (χ0) is 19.0. The van der Waals surface area contributed by atoms with Crippen LogP contribution in [0.1, 0.15) is 33.6 Å². The number of alkyl halides is 3. The topological polar surface area (TPSA) is 114 Å². The Hall–Kier alpha value is -1.56. The molecular weight excluding hydrogens is 359 g/mol. The summed E-state index contributed by atoms with van der Waals surface area (Å²) in [5, 5.41) is 11.7. The van der Waals surface area contributed by atoms with E-state index in [2.05, 4.69) is 13.9 Å². The summed E-state index contributed by atoms with van der Waals surface area (Å²) < 4.78 is 72.0. The van der Waals surface area contributed by atoms with Crippen LogP contribution in [0.25, 0.3) is 0 Å². The average Bonchev–Trinajstić information content (AvgIpc) is 2.30. The van der Waals surface area contributed by atoms with Gasteiger partial charge in [-0.2, -0.15) is 21.6 Å². The summed E-state index contributed by atoms with van der Waals surface area (Å²) in [5.74, 6) is -1.00. The van der Waals surface area contributed by atoms with Crippen LogP contribution in [-0.2, 0) is 28.6 Å². The second-order valence-electron chi connectivity index (χ2n) is 6.14. The van der Waals surface area contributed by atoms with Crippen molar-refractivity contribution in [3.05, 3.63) is 0 Å². The summed E-state index contributed by atoms with van der Waals surface area (Å²) in [7, 11) is -4.81. The first-order chi connectivity index (χ1) is 10.6. The van der Waals surface area contributed by atoms with Crippen molar-refractivity contribution >= 4 is 22.2 Å². The van der Waals surface area contributed by atoms with Crippen LogP contribution < -0.4 is 5.11 Å². The normalized spacial score (nSPS) is 25.8. The van der Waals surface area contributed by atoms with Gasteiger partial charge < -0.3 is 14.6 Å². The summed E-state index contributed by atoms with van der Waals surface area (Å²) in [6.45, 7) is 4.65. The molecule has 1 aliphatic rings. The molecule has 0 aromatic heterocycles. The van der Waals surface area contributed by atoms with Gasteiger partial charge in [0.15, 0.2) is 5.54 Å². The van der Waals surface area contributed by atoms with E-state index < -0.39 is 57.8 Å². The number of halogens is 3. The monoisotopic (exact) mass is 376 g/mol. The highest BCUT2D eigenvalue weighted by molar-refractivity contribution is 7.87. The molecule has 0 amide bonds. The maximum atomic E-state index is 12.3. The van der Waals surface area contributed by atoms with Crippen molar-refractivity contribution < 1.29 is 45.1 Å². The predicted octanol–water partition coefficient (Wildman–Crippen LogP) is 0.458. The Balaban J connectivity index is 2.91. The fourth-order valence-corrected chi connectivity index (χ4v) is 2.55. The summed E-state index contributed by atoms with van der Waals surface area (Å²) >= 11 is 0. The zero-order valence-corrected chi connectivity index (χ0v) is 14.2. The molecular formula is C12H17F3NO7S-. The molecule has 1 saturated carbocycles. The molecule has 0 aromatic carbocycles. The highest BCUT2D eigenvalue weighted by Gasteiger charge is 2.57. The van der Waals surface area contributed by atoms with Gasteiger partial charge in [-0.15, -0.1) is 0 Å². The van der Waals surface area contributed by atoms with E-state index in [9.17, 15) is 31.5 Å². The Labute approximate surface area is 136 Å². The third-order valence-corrected chi connectivity index (χ3v) is 4.03. The van der Waals surface area contributed by atoms with Gasteiger partial charge in [0, 0.05) is 18.4 Å². The molecule has 140 valence electrons. The maximum Gasteiger partial charge on any atom is 0.523 e. The Morgan fingerprint density at radius 1 is 1.25 bits per heavy atom. The van der Waals surface area contributed by atoms with Crippen LogP contribution in [0.4, 0.5) is 13.2 Å². The van der Waals surface area contributed by atoms with Crippen molar-refractivity contribution in [2.75, 3.05) is 7.11 Å². The number of methoxy groups -OCH3 is 1. The Morgan fingerprint density at radius 3 is 2.12 bits per heavy atom. The van der Waals surface area contributed by atoms with E-state index in [-0.39, 0.29) is 0 Å². The number of rotatable bonds is 4. The number of carbonyl (C=O) groups excluding carboxylic acids is 1. The van der Waals surface area contributed by atoms with Crippen molar-refractivity contribution in [1.29, 1.82) is 0 Å². The first-order valence-corrected chi connectivity index (χ1v) is 8.06. The molecule has 0 radical (unpaired) electrons. The van der Waals surface area contributed by atoms with Gasteiger partial charge in [0.05, 0.1) is 13.2 Å². The molecule has 0 bridgehead atoms. The minimum atomic E-state index is -5.81. The fraction of sp³-hybridized carbons (Fsp3) is 0.833. The van der Waals surface area contributed by atoms with Gasteiger partial charge in [0.2, 0.25) is 0 Å². The van der Waals surface area contributed by atoms with E-state index in [4.69, 9.17) is 4.74 Å². The standard InChI is InChI=1S/C12H18F3NO7S/c1-10(2,3)22-9(18)16-11(8(17)21-4)5-7(6-11)23-24(19,20)12(13,14)15/h7H,5-6H2,1-4H3,(H,16,18)/p-1. The van der Waals surface area contributed by atoms with E-state index in [1.165, 1.54) is 0 Å². The van der Waals surface area contributed by atoms with Crippen LogP contribution in [0.5, 0.6) is 0 Å². The number of hydrogen-bond donors (Lipinski definition) is 0. The van der Waals surface area contributed by atoms with Crippen molar-refractivity contribution in [2.45, 2.75) is 56.4 Å². The van der Waals surface area contributed by atoms with Gasteiger partial charge in [-0.1, -0.05) is 20.8 Å². The SMILES string of the molecule is COC(=O)C1(N=C([O-])OC(C)(C)C)CC(OS(=O)(=O)C(F)(F)F)C1. The van der Waals surface area contributed by atoms with E-state index in [1.807, 2.05) is 0 Å². The summed E-state index contributed by atoms with van der Waals surface area (Å²) in [6.07, 6.45) is -3.70. The van der Waals surface area contributed by atoms with Gasteiger partial charge in [0.1, 0.15) is 6.08 Å². The number of carbonyl (C=O) groups is 1. The number of aliphatic imine (C=N–C) groups is 1. The van der Waals surface area contributed by atoms with Crippen LogP contribution in [0.15, 0.2) is 4.99 Å². The molecule has 0 heterocycles. The van der Waals surface area contributed by atoms with Gasteiger partial charge in [-0.25, -0.2) is 4.79 Å². The molecule has 1 aliphatic carbocycles. The Morgan fingerprint density at radius 2 is 1.75 bits per heavy atom. The van der Waals surface area contributed by atoms with Crippen molar-refractivity contribution in [1.82, 2.24) is 0 Å². The van der Waals surface area contributed by atoms with Crippen LogP contribution in [0, 0.1) is 0 Å². The molecule has 0 atom stereocenters. The second kappa shape index (κ2) is 6.39. The highest BCUT2D eigenvalue weighted by atomic mass is 32.2. The third-order valence-electron chi connectivity index (χ3n) is 2.94. The van der Waals surface area contributed by atoms with Crippen LogP contribution in [-0.4, -0.2) is 50.3 Å². The smallest absolute Gasteiger partial charge is 0.523 e. The number of nitrogens with zero attached hydrogens (tertiary/aromatic N) is 1. The van der Waals surface area contributed by atoms with Crippen LogP contribution in [0.3, 0.4) is 0 Å². The summed E-state index contributed by atoms with van der Waals surface area (Å²) in [4.78, 5) is 15.3. The first-order valence-electron chi connectivity index (χ1n) is 6.66. The molecule has 0 N–H and O–H groups in total. The molecule has 1 fully saturated rings. The van der Waals surface area contributed by atoms with Gasteiger partial charge >= 0.3 is 21.6 Å². The lowest BCUT2D eigenvalue weighted by Crippen LogP contribution is -2.55. The summed E-state index contributed by atoms with van der Waals surface area (Å²) in [5.41, 5.74) is -8.32. The van der Waals surface area contributed by atoms with Crippen molar-refractivity contribution in [3.63, 3.8) is 0 Å². The molecule has 0 unspecified atom stereocenters. The molecule has 0 aliphatic heterocycles. The van der Waals surface area contributed by atoms with E-state index in [0.29, 0.717) is 0 Å². The van der Waals surface area contributed by atoms with Crippen molar-refractivity contribution in [3.8, 4) is 0 Å². The number of ether oxygens (including phenoxy) is 2. The van der Waals surface area contributed by atoms with E-state index in [0.717, 1.165) is 7.11 Å². The number of esters is 1. The maximum absolute atomic E-state index is 12.3. The van der Waals surface area contributed by atoms with E-state index in [1.54, 1.807) is 20.8 Å². The van der Waals surface area contributed by atoms with Gasteiger partial charge in [-0.05, 0) is 0 Å². The predicted molar refractivity (Wildman–Crippen MR) is 72.1 cm³/mol. The fourth-order valence-electron chi connectivity index (χ4n) is 1.95.